The number of ether oxygens (including phenoxy) is 2. The van der Waals surface area contributed by atoms with E-state index in [-0.39, 0.29) is 30.0 Å². The van der Waals surface area contributed by atoms with E-state index in [2.05, 4.69) is 30.7 Å². The number of hydrogen-bond donors (Lipinski definition) is 2. The molecule has 0 spiro atoms. The van der Waals surface area contributed by atoms with Crippen LogP contribution in [0, 0.1) is 0 Å². The van der Waals surface area contributed by atoms with Gasteiger partial charge in [0.15, 0.2) is 11.8 Å². The third-order valence-electron chi connectivity index (χ3n) is 4.32. The highest BCUT2D eigenvalue weighted by atomic mass is 127. The topological polar surface area (TPSA) is 98.5 Å². The predicted octanol–water partition coefficient (Wildman–Crippen LogP) is 1.52. The molecule has 0 fully saturated rings. The largest absolute Gasteiger partial charge is 0.478 e. The number of aromatic nitrogens is 4. The van der Waals surface area contributed by atoms with E-state index in [0.29, 0.717) is 25.6 Å². The number of methoxy groups -OCH3 is 1. The van der Waals surface area contributed by atoms with Gasteiger partial charge in [-0.15, -0.1) is 24.0 Å². The summed E-state index contributed by atoms with van der Waals surface area (Å²) in [6.07, 6.45) is 3.59. The van der Waals surface area contributed by atoms with Crippen molar-refractivity contribution in [3.8, 4) is 5.88 Å². The Morgan fingerprint density at radius 3 is 3.04 bits per heavy atom. The van der Waals surface area contributed by atoms with Gasteiger partial charge >= 0.3 is 0 Å². The number of aryl methyl sites for hydroxylation is 1. The maximum absolute atomic E-state index is 5.57. The number of hydrogen-bond acceptors (Lipinski definition) is 6. The van der Waals surface area contributed by atoms with Gasteiger partial charge in [-0.1, -0.05) is 6.07 Å². The van der Waals surface area contributed by atoms with E-state index in [1.165, 1.54) is 0 Å². The third kappa shape index (κ3) is 5.77. The summed E-state index contributed by atoms with van der Waals surface area (Å²) < 4.78 is 12.6. The van der Waals surface area contributed by atoms with Crippen LogP contribution >= 0.6 is 24.0 Å². The van der Waals surface area contributed by atoms with Crippen LogP contribution in [-0.4, -0.2) is 52.5 Å². The maximum atomic E-state index is 5.57. The first kappa shape index (κ1) is 22.3. The number of halogens is 1. The van der Waals surface area contributed by atoms with Crippen LogP contribution in [-0.2, 0) is 30.9 Å². The Morgan fingerprint density at radius 2 is 2.29 bits per heavy atom. The fraction of sp³-hybridized carbons (Fsp3) is 0.556. The van der Waals surface area contributed by atoms with Crippen LogP contribution in [0.25, 0.3) is 0 Å². The molecule has 0 radical (unpaired) electrons. The molecule has 2 aromatic heterocycles. The summed E-state index contributed by atoms with van der Waals surface area (Å²) in [7, 11) is 3.42. The number of fused-ring (bicyclic) bond motifs is 1. The van der Waals surface area contributed by atoms with Crippen molar-refractivity contribution in [2.75, 3.05) is 20.8 Å². The lowest BCUT2D eigenvalue weighted by Gasteiger charge is -2.25. The van der Waals surface area contributed by atoms with Crippen LogP contribution in [0.5, 0.6) is 5.88 Å². The quantitative estimate of drug-likeness (QED) is 0.337. The van der Waals surface area contributed by atoms with Gasteiger partial charge in [0.25, 0.3) is 0 Å². The molecule has 0 saturated carbocycles. The highest BCUT2D eigenvalue weighted by Crippen LogP contribution is 2.15. The van der Waals surface area contributed by atoms with Gasteiger partial charge in [0.2, 0.25) is 5.88 Å². The molecule has 154 valence electrons. The van der Waals surface area contributed by atoms with Gasteiger partial charge in [-0.3, -0.25) is 4.99 Å². The van der Waals surface area contributed by atoms with Crippen molar-refractivity contribution in [2.24, 2.45) is 4.99 Å². The van der Waals surface area contributed by atoms with Crippen molar-refractivity contribution in [3.05, 3.63) is 35.5 Å². The molecule has 2 N–H and O–H groups in total. The fourth-order valence-corrected chi connectivity index (χ4v) is 3.06. The second kappa shape index (κ2) is 11.1. The van der Waals surface area contributed by atoms with E-state index in [1.54, 1.807) is 20.4 Å². The molecule has 0 aliphatic carbocycles. The summed E-state index contributed by atoms with van der Waals surface area (Å²) in [6, 6.07) is 4.14. The van der Waals surface area contributed by atoms with E-state index in [4.69, 9.17) is 9.47 Å². The normalized spacial score (nSPS) is 16.1. The van der Waals surface area contributed by atoms with Crippen molar-refractivity contribution >= 4 is 29.9 Å². The van der Waals surface area contributed by atoms with E-state index in [1.807, 2.05) is 23.7 Å². The van der Waals surface area contributed by atoms with Crippen molar-refractivity contribution in [2.45, 2.75) is 45.5 Å². The van der Waals surface area contributed by atoms with Crippen molar-refractivity contribution < 1.29 is 9.47 Å². The smallest absolute Gasteiger partial charge is 0.218 e. The van der Waals surface area contributed by atoms with Gasteiger partial charge in [0.1, 0.15) is 12.4 Å². The third-order valence-corrected chi connectivity index (χ3v) is 4.32. The predicted molar refractivity (Wildman–Crippen MR) is 117 cm³/mol. The van der Waals surface area contributed by atoms with Crippen LogP contribution in [0.2, 0.25) is 0 Å². The lowest BCUT2D eigenvalue weighted by molar-refractivity contribution is 0.177. The van der Waals surface area contributed by atoms with Gasteiger partial charge in [-0.2, -0.15) is 5.10 Å². The number of guanidine groups is 1. The Bertz CT molecular complexity index is 781. The summed E-state index contributed by atoms with van der Waals surface area (Å²) >= 11 is 0. The van der Waals surface area contributed by atoms with Crippen molar-refractivity contribution in [3.63, 3.8) is 0 Å². The summed E-state index contributed by atoms with van der Waals surface area (Å²) in [5, 5.41) is 11.3. The number of nitrogens with zero attached hydrogens (tertiary/aromatic N) is 5. The van der Waals surface area contributed by atoms with Gasteiger partial charge in [-0.05, 0) is 19.4 Å². The Hall–Kier alpha value is -1.95. The number of aliphatic imine (C=N–C) groups is 1. The summed E-state index contributed by atoms with van der Waals surface area (Å²) in [5.74, 6) is 3.14. The number of nitrogens with one attached hydrogen (secondary N) is 2. The average molecular weight is 501 g/mol. The van der Waals surface area contributed by atoms with Gasteiger partial charge in [-0.25, -0.2) is 14.6 Å². The minimum absolute atomic E-state index is 0. The monoisotopic (exact) mass is 501 g/mol. The molecule has 3 rings (SSSR count). The first-order valence-corrected chi connectivity index (χ1v) is 9.18. The Balaban J connectivity index is 0.00000280. The van der Waals surface area contributed by atoms with E-state index in [0.717, 1.165) is 42.6 Å². The van der Waals surface area contributed by atoms with Gasteiger partial charge < -0.3 is 20.1 Å². The molecule has 3 heterocycles. The molecule has 0 aromatic carbocycles. The molecule has 28 heavy (non-hydrogen) atoms. The van der Waals surface area contributed by atoms with E-state index >= 15 is 0 Å². The molecular weight excluding hydrogens is 473 g/mol. The summed E-state index contributed by atoms with van der Waals surface area (Å²) in [4.78, 5) is 13.1. The van der Waals surface area contributed by atoms with Gasteiger partial charge in [0.05, 0.1) is 13.2 Å². The minimum atomic E-state index is 0. The Kier molecular flexibility index (Phi) is 8.90. The number of pyridine rings is 1. The fourth-order valence-electron chi connectivity index (χ4n) is 3.06. The average Bonchev–Trinajstić information content (AvgIpc) is 3.08. The maximum Gasteiger partial charge on any atom is 0.218 e. The molecule has 1 unspecified atom stereocenters. The molecule has 0 amide bonds. The van der Waals surface area contributed by atoms with Crippen LogP contribution in [0.15, 0.2) is 23.3 Å². The molecule has 0 saturated heterocycles. The molecule has 10 heteroatoms. The molecular formula is C18H28IN7O2. The Morgan fingerprint density at radius 1 is 1.43 bits per heavy atom. The first-order chi connectivity index (χ1) is 13.2. The molecule has 2 aromatic rings. The van der Waals surface area contributed by atoms with Crippen LogP contribution in [0.3, 0.4) is 0 Å². The molecule has 9 nitrogen and oxygen atoms in total. The standard InChI is InChI=1S/C18H27N7O2.HI/c1-4-27-17-13(6-5-9-20-17)10-21-18(19-2)22-14-7-8-16-23-15(12-26-3)24-25(16)11-14;/h5-6,9,14H,4,7-8,10-12H2,1-3H3,(H2,19,21,22);1H. The SMILES string of the molecule is CCOc1ncccc1CNC(=NC)NC1CCc2nc(COC)nn2C1.I. The lowest BCUT2D eigenvalue weighted by Crippen LogP contribution is -2.46. The molecule has 1 atom stereocenters. The van der Waals surface area contributed by atoms with E-state index < -0.39 is 0 Å². The van der Waals surface area contributed by atoms with Gasteiger partial charge in [0, 0.05) is 44.9 Å². The molecule has 1 aliphatic heterocycles. The van der Waals surface area contributed by atoms with E-state index in [9.17, 15) is 0 Å². The summed E-state index contributed by atoms with van der Waals surface area (Å²) in [5.41, 5.74) is 0.994. The van der Waals surface area contributed by atoms with Crippen molar-refractivity contribution in [1.29, 1.82) is 0 Å². The second-order valence-electron chi connectivity index (χ2n) is 6.27. The summed E-state index contributed by atoms with van der Waals surface area (Å²) in [6.45, 7) is 4.32. The minimum Gasteiger partial charge on any atom is -0.478 e. The van der Waals surface area contributed by atoms with Crippen LogP contribution in [0.1, 0.15) is 30.6 Å². The zero-order chi connectivity index (χ0) is 19.1. The lowest BCUT2D eigenvalue weighted by atomic mass is 10.1. The first-order valence-electron chi connectivity index (χ1n) is 9.18. The highest BCUT2D eigenvalue weighted by Gasteiger charge is 2.22. The second-order valence-corrected chi connectivity index (χ2v) is 6.27. The Labute approximate surface area is 182 Å². The molecule has 0 bridgehead atoms. The van der Waals surface area contributed by atoms with Crippen LogP contribution < -0.4 is 15.4 Å². The highest BCUT2D eigenvalue weighted by molar-refractivity contribution is 14.0. The molecule has 1 aliphatic rings. The van der Waals surface area contributed by atoms with Crippen molar-refractivity contribution in [1.82, 2.24) is 30.4 Å². The zero-order valence-corrected chi connectivity index (χ0v) is 18.8. The van der Waals surface area contributed by atoms with Crippen LogP contribution in [0.4, 0.5) is 0 Å². The number of rotatable bonds is 7. The zero-order valence-electron chi connectivity index (χ0n) is 16.5.